The molecule has 0 spiro atoms. The number of benzene rings is 2. The van der Waals surface area contributed by atoms with Gasteiger partial charge in [-0.15, -0.1) is 0 Å². The molecule has 8 nitrogen and oxygen atoms in total. The standard InChI is InChI=1S/C22H26N4O4/c27-21(26-11-9-25(10-12-26)18-5-2-1-3-6-18)16-23-22(28)24-17-7-8-19-20(15-17)30-14-4-13-29-19/h1-3,5-8,15H,4,9-14,16H2,(H2,23,24,28). The van der Waals surface area contributed by atoms with E-state index in [4.69, 9.17) is 9.47 Å². The van der Waals surface area contributed by atoms with Crippen molar-refractivity contribution in [3.63, 3.8) is 0 Å². The summed E-state index contributed by atoms with van der Waals surface area (Å²) in [5.74, 6) is 1.19. The van der Waals surface area contributed by atoms with Gasteiger partial charge < -0.3 is 29.9 Å². The number of anilines is 2. The zero-order chi connectivity index (χ0) is 20.8. The molecule has 2 N–H and O–H groups in total. The highest BCUT2D eigenvalue weighted by molar-refractivity contribution is 5.92. The Morgan fingerprint density at radius 1 is 0.900 bits per heavy atom. The summed E-state index contributed by atoms with van der Waals surface area (Å²) in [6.07, 6.45) is 0.819. The van der Waals surface area contributed by atoms with Crippen molar-refractivity contribution in [2.75, 3.05) is 56.2 Å². The summed E-state index contributed by atoms with van der Waals surface area (Å²) < 4.78 is 11.2. The van der Waals surface area contributed by atoms with Gasteiger partial charge in [-0.05, 0) is 24.3 Å². The predicted molar refractivity (Wildman–Crippen MR) is 114 cm³/mol. The zero-order valence-corrected chi connectivity index (χ0v) is 16.8. The number of hydrogen-bond donors (Lipinski definition) is 2. The lowest BCUT2D eigenvalue weighted by molar-refractivity contribution is -0.130. The van der Waals surface area contributed by atoms with Crippen molar-refractivity contribution in [2.24, 2.45) is 0 Å². The third-order valence-corrected chi connectivity index (χ3v) is 5.16. The molecule has 0 aromatic heterocycles. The van der Waals surface area contributed by atoms with Gasteiger partial charge in [-0.3, -0.25) is 4.79 Å². The van der Waals surface area contributed by atoms with E-state index in [1.54, 1.807) is 23.1 Å². The molecule has 2 aliphatic heterocycles. The molecule has 0 unspecified atom stereocenters. The smallest absolute Gasteiger partial charge is 0.319 e. The molecule has 2 aromatic carbocycles. The fraction of sp³-hybridized carbons (Fsp3) is 0.364. The maximum absolute atomic E-state index is 12.5. The molecule has 0 saturated carbocycles. The van der Waals surface area contributed by atoms with E-state index in [1.165, 1.54) is 0 Å². The monoisotopic (exact) mass is 410 g/mol. The number of carbonyl (C=O) groups excluding carboxylic acids is 2. The van der Waals surface area contributed by atoms with Crippen LogP contribution in [0.1, 0.15) is 6.42 Å². The van der Waals surface area contributed by atoms with Gasteiger partial charge in [0.05, 0.1) is 19.8 Å². The number of fused-ring (bicyclic) bond motifs is 1. The minimum absolute atomic E-state index is 0.0400. The van der Waals surface area contributed by atoms with Crippen LogP contribution in [0, 0.1) is 0 Å². The van der Waals surface area contributed by atoms with Crippen molar-refractivity contribution < 1.29 is 19.1 Å². The lowest BCUT2D eigenvalue weighted by Gasteiger charge is -2.36. The van der Waals surface area contributed by atoms with Crippen LogP contribution in [-0.2, 0) is 4.79 Å². The maximum Gasteiger partial charge on any atom is 0.319 e. The fourth-order valence-corrected chi connectivity index (χ4v) is 3.54. The second kappa shape index (κ2) is 9.39. The number of rotatable bonds is 4. The van der Waals surface area contributed by atoms with Crippen LogP contribution in [0.25, 0.3) is 0 Å². The van der Waals surface area contributed by atoms with Crippen molar-refractivity contribution >= 4 is 23.3 Å². The molecule has 1 fully saturated rings. The summed E-state index contributed by atoms with van der Waals surface area (Å²) in [6.45, 7) is 3.98. The van der Waals surface area contributed by atoms with E-state index in [0.717, 1.165) is 25.2 Å². The second-order valence-corrected chi connectivity index (χ2v) is 7.22. The van der Waals surface area contributed by atoms with Crippen LogP contribution in [0.5, 0.6) is 11.5 Å². The van der Waals surface area contributed by atoms with Crippen molar-refractivity contribution in [1.82, 2.24) is 10.2 Å². The SMILES string of the molecule is O=C(NCC(=O)N1CCN(c2ccccc2)CC1)Nc1ccc2c(c1)OCCCO2. The van der Waals surface area contributed by atoms with Crippen LogP contribution in [0.2, 0.25) is 0 Å². The summed E-state index contributed by atoms with van der Waals surface area (Å²) in [7, 11) is 0. The van der Waals surface area contributed by atoms with Gasteiger partial charge in [-0.25, -0.2) is 4.79 Å². The van der Waals surface area contributed by atoms with Crippen LogP contribution in [0.15, 0.2) is 48.5 Å². The molecule has 30 heavy (non-hydrogen) atoms. The third kappa shape index (κ3) is 4.94. The molecule has 2 aliphatic rings. The number of para-hydroxylation sites is 1. The number of hydrogen-bond acceptors (Lipinski definition) is 5. The van der Waals surface area contributed by atoms with Crippen LogP contribution in [0.3, 0.4) is 0 Å². The molecule has 158 valence electrons. The van der Waals surface area contributed by atoms with Crippen molar-refractivity contribution in [3.8, 4) is 11.5 Å². The van der Waals surface area contributed by atoms with Crippen molar-refractivity contribution in [2.45, 2.75) is 6.42 Å². The number of nitrogens with one attached hydrogen (secondary N) is 2. The largest absolute Gasteiger partial charge is 0.490 e. The van der Waals surface area contributed by atoms with Gasteiger partial charge in [-0.1, -0.05) is 18.2 Å². The normalized spacial score (nSPS) is 15.9. The van der Waals surface area contributed by atoms with E-state index in [9.17, 15) is 9.59 Å². The minimum Gasteiger partial charge on any atom is -0.490 e. The molecule has 0 bridgehead atoms. The highest BCUT2D eigenvalue weighted by Gasteiger charge is 2.21. The van der Waals surface area contributed by atoms with Crippen molar-refractivity contribution in [3.05, 3.63) is 48.5 Å². The van der Waals surface area contributed by atoms with E-state index in [2.05, 4.69) is 27.7 Å². The first-order chi connectivity index (χ1) is 14.7. The van der Waals surface area contributed by atoms with E-state index in [-0.39, 0.29) is 12.5 Å². The average molecular weight is 410 g/mol. The molecule has 1 saturated heterocycles. The lowest BCUT2D eigenvalue weighted by Crippen LogP contribution is -2.51. The summed E-state index contributed by atoms with van der Waals surface area (Å²) in [4.78, 5) is 28.7. The van der Waals surface area contributed by atoms with Crippen LogP contribution >= 0.6 is 0 Å². The minimum atomic E-state index is -0.430. The zero-order valence-electron chi connectivity index (χ0n) is 16.8. The third-order valence-electron chi connectivity index (χ3n) is 5.16. The highest BCUT2D eigenvalue weighted by Crippen LogP contribution is 2.32. The van der Waals surface area contributed by atoms with Gasteiger partial charge in [0.2, 0.25) is 5.91 Å². The molecule has 2 aromatic rings. The summed E-state index contributed by atoms with van der Waals surface area (Å²) in [6, 6.07) is 15.0. The number of urea groups is 1. The Labute approximate surface area is 175 Å². The number of amides is 3. The Balaban J connectivity index is 1.22. The molecule has 0 radical (unpaired) electrons. The van der Waals surface area contributed by atoms with E-state index in [0.29, 0.717) is 43.5 Å². The quantitative estimate of drug-likeness (QED) is 0.808. The summed E-state index contributed by atoms with van der Waals surface area (Å²) >= 11 is 0. The second-order valence-electron chi connectivity index (χ2n) is 7.22. The Hall–Kier alpha value is -3.42. The van der Waals surface area contributed by atoms with Crippen LogP contribution in [0.4, 0.5) is 16.2 Å². The number of carbonyl (C=O) groups is 2. The fourth-order valence-electron chi connectivity index (χ4n) is 3.54. The van der Waals surface area contributed by atoms with Gasteiger partial charge in [0, 0.05) is 50.0 Å². The molecule has 2 heterocycles. The summed E-state index contributed by atoms with van der Waals surface area (Å²) in [5, 5.41) is 5.37. The molecule has 3 amide bonds. The Bertz CT molecular complexity index is 882. The van der Waals surface area contributed by atoms with Gasteiger partial charge in [-0.2, -0.15) is 0 Å². The van der Waals surface area contributed by atoms with Crippen LogP contribution in [-0.4, -0.2) is 62.8 Å². The predicted octanol–water partition coefficient (Wildman–Crippen LogP) is 2.32. The lowest BCUT2D eigenvalue weighted by atomic mass is 10.2. The van der Waals surface area contributed by atoms with Gasteiger partial charge in [0.1, 0.15) is 0 Å². The Morgan fingerprint density at radius 2 is 1.63 bits per heavy atom. The molecular weight excluding hydrogens is 384 g/mol. The molecule has 4 rings (SSSR count). The summed E-state index contributed by atoms with van der Waals surface area (Å²) in [5.41, 5.74) is 1.75. The number of nitrogens with zero attached hydrogens (tertiary/aromatic N) is 2. The highest BCUT2D eigenvalue weighted by atomic mass is 16.5. The van der Waals surface area contributed by atoms with E-state index in [1.807, 2.05) is 18.2 Å². The van der Waals surface area contributed by atoms with E-state index >= 15 is 0 Å². The first-order valence-electron chi connectivity index (χ1n) is 10.2. The van der Waals surface area contributed by atoms with Gasteiger partial charge in [0.25, 0.3) is 0 Å². The Morgan fingerprint density at radius 3 is 2.40 bits per heavy atom. The average Bonchev–Trinajstić information content (AvgIpc) is 3.03. The van der Waals surface area contributed by atoms with Crippen LogP contribution < -0.4 is 25.0 Å². The first-order valence-corrected chi connectivity index (χ1v) is 10.2. The topological polar surface area (TPSA) is 83.1 Å². The first kappa shape index (κ1) is 19.9. The molecule has 8 heteroatoms. The number of piperazine rings is 1. The van der Waals surface area contributed by atoms with Crippen molar-refractivity contribution in [1.29, 1.82) is 0 Å². The molecule has 0 atom stereocenters. The molecule has 0 aliphatic carbocycles. The number of ether oxygens (including phenoxy) is 2. The van der Waals surface area contributed by atoms with E-state index < -0.39 is 6.03 Å². The molecular formula is C22H26N4O4. The Kier molecular flexibility index (Phi) is 6.22. The maximum atomic E-state index is 12.5. The van der Waals surface area contributed by atoms with Gasteiger partial charge >= 0.3 is 6.03 Å². The van der Waals surface area contributed by atoms with Gasteiger partial charge in [0.15, 0.2) is 11.5 Å².